The van der Waals surface area contributed by atoms with Crippen LogP contribution in [0.4, 0.5) is 4.53 Å². The molecule has 0 rings (SSSR count). The van der Waals surface area contributed by atoms with Crippen LogP contribution in [0.1, 0.15) is 8.35 Å². The van der Waals surface area contributed by atoms with Crippen LogP contribution >= 0.6 is 0 Å². The Balaban J connectivity index is -0.000000180. The quantitative estimate of drug-likeness (QED) is 0.271. The molecule has 3 nitrogen and oxygen atoms in total. The molecule has 0 aliphatic rings. The van der Waals surface area contributed by atoms with E-state index in [2.05, 4.69) is 4.94 Å². The third-order valence-electron chi connectivity index (χ3n) is 0.358. The smallest absolute Gasteiger partial charge is 1.00 e. The van der Waals surface area contributed by atoms with Crippen LogP contribution in [0.15, 0.2) is 0 Å². The molecule has 0 atom stereocenters. The second-order valence-corrected chi connectivity index (χ2v) is 0.921. The molecule has 0 aliphatic carbocycles. The predicted octanol–water partition coefficient (Wildman–Crippen LogP) is -2.88. The summed E-state index contributed by atoms with van der Waals surface area (Å²) < 4.78 is 10.6. The Kier molecular flexibility index (Phi) is 6.39. The first-order valence-corrected chi connectivity index (χ1v) is 1.52. The van der Waals surface area contributed by atoms with E-state index in [0.29, 0.717) is 0 Å². The minimum absolute atomic E-state index is 0. The van der Waals surface area contributed by atoms with Gasteiger partial charge in [0, 0.05) is 11.4 Å². The molecular formula is C3H4FLiO3. The van der Waals surface area contributed by atoms with Crippen molar-refractivity contribution in [1.29, 1.82) is 0 Å². The Labute approximate surface area is 58.8 Å². The number of carbonyl (C=O) groups is 2. The molecule has 0 amide bonds. The van der Waals surface area contributed by atoms with Gasteiger partial charge in [-0.1, -0.05) is 0 Å². The zero-order valence-electron chi connectivity index (χ0n) is 5.60. The van der Waals surface area contributed by atoms with Crippen LogP contribution in [0, 0.1) is 0 Å². The zero-order valence-corrected chi connectivity index (χ0v) is 4.60. The largest absolute Gasteiger partial charge is 1.00 e. The van der Waals surface area contributed by atoms with Crippen LogP contribution in [-0.2, 0) is 14.5 Å². The van der Waals surface area contributed by atoms with E-state index in [1.165, 1.54) is 0 Å². The molecule has 0 aliphatic heterocycles. The van der Waals surface area contributed by atoms with E-state index in [4.69, 9.17) is 0 Å². The number of hydrogen-bond donors (Lipinski definition) is 0. The number of carbonyl (C=O) groups excluding carboxylic acids is 2. The fraction of sp³-hybridized carbons (Fsp3) is 0.333. The van der Waals surface area contributed by atoms with E-state index < -0.39 is 11.8 Å². The third-order valence-corrected chi connectivity index (χ3v) is 0.358. The van der Waals surface area contributed by atoms with E-state index in [1.807, 2.05) is 0 Å². The molecule has 42 valence electrons. The summed E-state index contributed by atoms with van der Waals surface area (Å²) in [7, 11) is 0. The number of ketones is 1. The molecule has 0 unspecified atom stereocenters. The number of halogens is 1. The van der Waals surface area contributed by atoms with Gasteiger partial charge in [-0.3, -0.25) is 4.79 Å². The van der Waals surface area contributed by atoms with Gasteiger partial charge in [-0.15, -0.1) is 0 Å². The van der Waals surface area contributed by atoms with E-state index in [9.17, 15) is 14.1 Å². The van der Waals surface area contributed by atoms with Gasteiger partial charge in [0.2, 0.25) is 5.78 Å². The van der Waals surface area contributed by atoms with Gasteiger partial charge in [0.1, 0.15) is 0 Å². The van der Waals surface area contributed by atoms with Gasteiger partial charge in [-0.2, -0.15) is 0 Å². The van der Waals surface area contributed by atoms with E-state index in [-0.39, 0.29) is 20.3 Å². The molecule has 0 aromatic heterocycles. The second-order valence-electron chi connectivity index (χ2n) is 0.921. The van der Waals surface area contributed by atoms with Gasteiger partial charge in [-0.05, 0) is 0 Å². The topological polar surface area (TPSA) is 43.4 Å². The molecule has 0 N–H and O–H groups in total. The first-order valence-electron chi connectivity index (χ1n) is 1.52. The molecule has 0 radical (unpaired) electrons. The molecule has 0 spiro atoms. The first-order chi connectivity index (χ1) is 3.18. The monoisotopic (exact) mass is 114 g/mol. The van der Waals surface area contributed by atoms with Crippen molar-refractivity contribution in [2.24, 2.45) is 0 Å². The van der Waals surface area contributed by atoms with Crippen molar-refractivity contribution in [2.75, 3.05) is 0 Å². The molecule has 0 saturated heterocycles. The standard InChI is InChI=1S/C3H3FO3.Li.H/c1-2(5)3(6)7-4;;/h1H3;;/q;+1;-1. The van der Waals surface area contributed by atoms with Gasteiger partial charge in [0.25, 0.3) is 0 Å². The van der Waals surface area contributed by atoms with Crippen molar-refractivity contribution in [3.05, 3.63) is 0 Å². The molecule has 0 saturated carbocycles. The summed E-state index contributed by atoms with van der Waals surface area (Å²) in [5.74, 6) is -2.40. The van der Waals surface area contributed by atoms with Crippen molar-refractivity contribution < 1.29 is 39.3 Å². The van der Waals surface area contributed by atoms with Crippen molar-refractivity contribution in [3.8, 4) is 0 Å². The molecule has 5 heteroatoms. The van der Waals surface area contributed by atoms with Gasteiger partial charge < -0.3 is 1.43 Å². The summed E-state index contributed by atoms with van der Waals surface area (Å²) >= 11 is 0. The predicted molar refractivity (Wildman–Crippen MR) is 19.0 cm³/mol. The molecule has 0 aromatic carbocycles. The van der Waals surface area contributed by atoms with Crippen LogP contribution in [-0.4, -0.2) is 11.8 Å². The maximum atomic E-state index is 10.6. The Bertz CT molecular complexity index is 107. The minimum atomic E-state index is -1.46. The molecule has 0 fully saturated rings. The van der Waals surface area contributed by atoms with E-state index in [1.54, 1.807) is 0 Å². The van der Waals surface area contributed by atoms with Crippen molar-refractivity contribution in [1.82, 2.24) is 0 Å². The van der Waals surface area contributed by atoms with Gasteiger partial charge in [0.15, 0.2) is 0 Å². The number of Topliss-reactive ketones (excluding diaryl/α,β-unsaturated/α-hetero) is 1. The zero-order chi connectivity index (χ0) is 5.86. The normalized spacial score (nSPS) is 6.75. The van der Waals surface area contributed by atoms with E-state index in [0.717, 1.165) is 6.92 Å². The fourth-order valence-corrected chi connectivity index (χ4v) is 0.0543. The molecule has 0 heterocycles. The maximum Gasteiger partial charge on any atom is 1.00 e. The fourth-order valence-electron chi connectivity index (χ4n) is 0.0543. The second kappa shape index (κ2) is 4.82. The Hall–Kier alpha value is -0.333. The summed E-state index contributed by atoms with van der Waals surface area (Å²) in [5, 5.41) is 0. The van der Waals surface area contributed by atoms with Crippen LogP contribution in [0.5, 0.6) is 0 Å². The minimum Gasteiger partial charge on any atom is -1.00 e. The Morgan fingerprint density at radius 1 is 1.62 bits per heavy atom. The first kappa shape index (κ1) is 10.6. The van der Waals surface area contributed by atoms with E-state index >= 15 is 0 Å². The number of rotatable bonds is 1. The van der Waals surface area contributed by atoms with Gasteiger partial charge in [0.05, 0.1) is 0 Å². The Morgan fingerprint density at radius 2 is 2.00 bits per heavy atom. The maximum absolute atomic E-state index is 10.6. The van der Waals surface area contributed by atoms with Crippen LogP contribution < -0.4 is 18.9 Å². The van der Waals surface area contributed by atoms with Crippen LogP contribution in [0.3, 0.4) is 0 Å². The SMILES string of the molecule is CC(=O)C(=O)OF.[H-].[Li+]. The molecule has 0 bridgehead atoms. The molecule has 0 aromatic rings. The molecular weight excluding hydrogens is 110 g/mol. The summed E-state index contributed by atoms with van der Waals surface area (Å²) in [4.78, 5) is 21.7. The van der Waals surface area contributed by atoms with Crippen molar-refractivity contribution in [3.63, 3.8) is 0 Å². The summed E-state index contributed by atoms with van der Waals surface area (Å²) in [6.07, 6.45) is 0. The summed E-state index contributed by atoms with van der Waals surface area (Å²) in [6.45, 7) is 0.919. The molecule has 8 heavy (non-hydrogen) atoms. The summed E-state index contributed by atoms with van der Waals surface area (Å²) in [6, 6.07) is 0. The van der Waals surface area contributed by atoms with Gasteiger partial charge >= 0.3 is 24.8 Å². The Morgan fingerprint density at radius 3 is 2.00 bits per heavy atom. The average Bonchev–Trinajstić information content (AvgIpc) is 1.65. The third kappa shape index (κ3) is 3.84. The van der Waals surface area contributed by atoms with Gasteiger partial charge in [-0.25, -0.2) is 9.74 Å². The van der Waals surface area contributed by atoms with Crippen molar-refractivity contribution >= 4 is 11.8 Å². The van der Waals surface area contributed by atoms with Crippen molar-refractivity contribution in [2.45, 2.75) is 6.92 Å². The average molecular weight is 114 g/mol. The van der Waals surface area contributed by atoms with Crippen LogP contribution in [0.25, 0.3) is 0 Å². The summed E-state index contributed by atoms with van der Waals surface area (Å²) in [5.41, 5.74) is 0. The number of hydrogen-bond acceptors (Lipinski definition) is 3. The van der Waals surface area contributed by atoms with Crippen LogP contribution in [0.2, 0.25) is 0 Å².